The number of benzene rings is 1. The van der Waals surface area contributed by atoms with Crippen molar-refractivity contribution in [3.05, 3.63) is 35.4 Å². The van der Waals surface area contributed by atoms with Crippen LogP contribution in [0.5, 0.6) is 0 Å². The fraction of sp³-hybridized carbons (Fsp3) is 0.300. The fourth-order valence-corrected chi connectivity index (χ4v) is 1.72. The van der Waals surface area contributed by atoms with Crippen molar-refractivity contribution in [1.82, 2.24) is 0 Å². The maximum Gasteiger partial charge on any atom is 0.271 e. The van der Waals surface area contributed by atoms with Crippen LogP contribution in [0, 0.1) is 11.3 Å². The third-order valence-corrected chi connectivity index (χ3v) is 2.34. The Labute approximate surface area is 74.6 Å². The summed E-state index contributed by atoms with van der Waals surface area (Å²) in [5.41, 5.74) is 1.08. The van der Waals surface area contributed by atoms with Crippen molar-refractivity contribution in [2.75, 3.05) is 0 Å². The SMILES string of the molecule is N#CC1c2ccccc2CC1(F)F. The molecule has 1 aliphatic rings. The zero-order valence-corrected chi connectivity index (χ0v) is 6.80. The Kier molecular flexibility index (Phi) is 1.59. The smallest absolute Gasteiger partial charge is 0.205 e. The first kappa shape index (κ1) is 8.18. The second-order valence-corrected chi connectivity index (χ2v) is 3.20. The minimum Gasteiger partial charge on any atom is -0.205 e. The van der Waals surface area contributed by atoms with E-state index in [-0.39, 0.29) is 6.42 Å². The second-order valence-electron chi connectivity index (χ2n) is 3.20. The highest BCUT2D eigenvalue weighted by atomic mass is 19.3. The van der Waals surface area contributed by atoms with E-state index in [9.17, 15) is 8.78 Å². The van der Waals surface area contributed by atoms with Gasteiger partial charge in [0, 0.05) is 6.42 Å². The Morgan fingerprint density at radius 3 is 2.77 bits per heavy atom. The van der Waals surface area contributed by atoms with Gasteiger partial charge in [-0.2, -0.15) is 5.26 Å². The largest absolute Gasteiger partial charge is 0.271 e. The van der Waals surface area contributed by atoms with Crippen LogP contribution >= 0.6 is 0 Å². The first-order valence-electron chi connectivity index (χ1n) is 4.00. The Morgan fingerprint density at radius 1 is 1.38 bits per heavy atom. The summed E-state index contributed by atoms with van der Waals surface area (Å²) < 4.78 is 26.4. The zero-order valence-electron chi connectivity index (χ0n) is 6.80. The van der Waals surface area contributed by atoms with E-state index >= 15 is 0 Å². The average molecular weight is 179 g/mol. The highest BCUT2D eigenvalue weighted by molar-refractivity contribution is 5.42. The van der Waals surface area contributed by atoms with Crippen LogP contribution in [0.3, 0.4) is 0 Å². The van der Waals surface area contributed by atoms with Crippen LogP contribution in [-0.2, 0) is 6.42 Å². The maximum absolute atomic E-state index is 13.2. The normalized spacial score (nSPS) is 23.6. The molecule has 1 aromatic carbocycles. The van der Waals surface area contributed by atoms with Crippen molar-refractivity contribution in [3.8, 4) is 6.07 Å². The number of hydrogen-bond acceptors (Lipinski definition) is 1. The van der Waals surface area contributed by atoms with Crippen molar-refractivity contribution in [2.45, 2.75) is 18.3 Å². The first-order chi connectivity index (χ1) is 6.15. The van der Waals surface area contributed by atoms with Crippen molar-refractivity contribution in [1.29, 1.82) is 5.26 Å². The molecule has 0 heterocycles. The number of nitrogens with zero attached hydrogens (tertiary/aromatic N) is 1. The van der Waals surface area contributed by atoms with Gasteiger partial charge in [0.15, 0.2) is 0 Å². The predicted molar refractivity (Wildman–Crippen MR) is 43.4 cm³/mol. The minimum atomic E-state index is -2.89. The number of halogens is 2. The molecule has 1 atom stereocenters. The van der Waals surface area contributed by atoms with Crippen LogP contribution in [0.4, 0.5) is 8.78 Å². The molecule has 0 amide bonds. The van der Waals surface area contributed by atoms with E-state index in [1.807, 2.05) is 0 Å². The first-order valence-corrected chi connectivity index (χ1v) is 4.00. The van der Waals surface area contributed by atoms with Gasteiger partial charge in [-0.15, -0.1) is 0 Å². The number of hydrogen-bond donors (Lipinski definition) is 0. The predicted octanol–water partition coefficient (Wildman–Crippen LogP) is 2.49. The monoisotopic (exact) mass is 179 g/mol. The van der Waals surface area contributed by atoms with Crippen molar-refractivity contribution >= 4 is 0 Å². The summed E-state index contributed by atoms with van der Waals surface area (Å²) in [6.45, 7) is 0. The highest BCUT2D eigenvalue weighted by Crippen LogP contribution is 2.43. The van der Waals surface area contributed by atoms with E-state index in [0.29, 0.717) is 11.1 Å². The molecule has 0 aromatic heterocycles. The van der Waals surface area contributed by atoms with Gasteiger partial charge in [0.25, 0.3) is 5.92 Å². The summed E-state index contributed by atoms with van der Waals surface area (Å²) in [6, 6.07) is 8.32. The van der Waals surface area contributed by atoms with E-state index in [1.165, 1.54) is 0 Å². The molecule has 0 aliphatic heterocycles. The molecule has 0 saturated heterocycles. The fourth-order valence-electron chi connectivity index (χ4n) is 1.72. The average Bonchev–Trinajstić information content (AvgIpc) is 2.33. The Morgan fingerprint density at radius 2 is 2.08 bits per heavy atom. The molecule has 2 rings (SSSR count). The number of alkyl halides is 2. The van der Waals surface area contributed by atoms with E-state index < -0.39 is 11.8 Å². The van der Waals surface area contributed by atoms with Crippen LogP contribution in [0.1, 0.15) is 17.0 Å². The quantitative estimate of drug-likeness (QED) is 0.600. The lowest BCUT2D eigenvalue weighted by atomic mass is 10.0. The Bertz CT molecular complexity index is 379. The highest BCUT2D eigenvalue weighted by Gasteiger charge is 2.47. The standard InChI is InChI=1S/C10H7F2N/c11-10(12)5-7-3-1-2-4-8(7)9(10)6-13/h1-4,9H,5H2. The van der Waals surface area contributed by atoms with Gasteiger partial charge in [-0.3, -0.25) is 0 Å². The summed E-state index contributed by atoms with van der Waals surface area (Å²) in [5, 5.41) is 8.62. The maximum atomic E-state index is 13.2. The third kappa shape index (κ3) is 1.10. The molecule has 0 N–H and O–H groups in total. The van der Waals surface area contributed by atoms with Crippen molar-refractivity contribution < 1.29 is 8.78 Å². The topological polar surface area (TPSA) is 23.8 Å². The summed E-state index contributed by atoms with van der Waals surface area (Å²) in [7, 11) is 0. The summed E-state index contributed by atoms with van der Waals surface area (Å²) >= 11 is 0. The molecular weight excluding hydrogens is 172 g/mol. The molecule has 0 spiro atoms. The van der Waals surface area contributed by atoms with Gasteiger partial charge in [-0.25, -0.2) is 8.78 Å². The van der Waals surface area contributed by atoms with E-state index in [1.54, 1.807) is 30.3 Å². The van der Waals surface area contributed by atoms with Crippen molar-refractivity contribution in [3.63, 3.8) is 0 Å². The van der Waals surface area contributed by atoms with E-state index in [4.69, 9.17) is 5.26 Å². The Hall–Kier alpha value is -1.43. The van der Waals surface area contributed by atoms with E-state index in [0.717, 1.165) is 0 Å². The van der Waals surface area contributed by atoms with Gasteiger partial charge in [0.05, 0.1) is 6.07 Å². The second kappa shape index (κ2) is 2.53. The lowest BCUT2D eigenvalue weighted by molar-refractivity contribution is 0.000574. The van der Waals surface area contributed by atoms with Crippen LogP contribution in [-0.4, -0.2) is 5.92 Å². The molecular formula is C10H7F2N. The third-order valence-electron chi connectivity index (χ3n) is 2.34. The minimum absolute atomic E-state index is 0.304. The number of rotatable bonds is 0. The summed E-state index contributed by atoms with van der Waals surface area (Å²) in [4.78, 5) is 0. The summed E-state index contributed by atoms with van der Waals surface area (Å²) in [5.74, 6) is -4.15. The molecule has 1 aliphatic carbocycles. The van der Waals surface area contributed by atoms with Gasteiger partial charge >= 0.3 is 0 Å². The molecule has 66 valence electrons. The summed E-state index contributed by atoms with van der Waals surface area (Å²) in [6.07, 6.45) is -0.304. The van der Waals surface area contributed by atoms with Crippen molar-refractivity contribution in [2.24, 2.45) is 0 Å². The van der Waals surface area contributed by atoms with Gasteiger partial charge in [-0.05, 0) is 11.1 Å². The van der Waals surface area contributed by atoms with E-state index in [2.05, 4.69) is 0 Å². The molecule has 0 saturated carbocycles. The molecule has 1 unspecified atom stereocenters. The van der Waals surface area contributed by atoms with Crippen LogP contribution in [0.25, 0.3) is 0 Å². The van der Waals surface area contributed by atoms with Gasteiger partial charge < -0.3 is 0 Å². The van der Waals surface area contributed by atoms with Gasteiger partial charge in [0.1, 0.15) is 5.92 Å². The lowest BCUT2D eigenvalue weighted by Crippen LogP contribution is -2.20. The van der Waals surface area contributed by atoms with Gasteiger partial charge in [0.2, 0.25) is 0 Å². The molecule has 1 aromatic rings. The molecule has 13 heavy (non-hydrogen) atoms. The van der Waals surface area contributed by atoms with Gasteiger partial charge in [-0.1, -0.05) is 24.3 Å². The molecule has 1 nitrogen and oxygen atoms in total. The van der Waals surface area contributed by atoms with Crippen LogP contribution in [0.2, 0.25) is 0 Å². The molecule has 0 bridgehead atoms. The molecule has 3 heteroatoms. The number of fused-ring (bicyclic) bond motifs is 1. The zero-order chi connectivity index (χ0) is 9.47. The van der Waals surface area contributed by atoms with Crippen LogP contribution in [0.15, 0.2) is 24.3 Å². The molecule has 0 radical (unpaired) electrons. The molecule has 0 fully saturated rings. The lowest BCUT2D eigenvalue weighted by Gasteiger charge is -2.11. The number of nitriles is 1. The Balaban J connectivity index is 2.54. The van der Waals surface area contributed by atoms with Crippen LogP contribution < -0.4 is 0 Å².